The molecule has 41 heavy (non-hydrogen) atoms. The maximum Gasteiger partial charge on any atom is 0.408 e. The van der Waals surface area contributed by atoms with Crippen LogP contribution in [0.2, 0.25) is 0 Å². The molecule has 2 aromatic rings. The third kappa shape index (κ3) is 10.7. The molecule has 3 atom stereocenters. The number of nitrogens with zero attached hydrogens (tertiary/aromatic N) is 1. The number of hydrogen-bond donors (Lipinski definition) is 3. The Balaban J connectivity index is 2.55. The molecule has 0 spiro atoms. The summed E-state index contributed by atoms with van der Waals surface area (Å²) in [5.41, 5.74) is 1.84. The number of aromatic hydroxyl groups is 1. The number of phenols is 1. The summed E-state index contributed by atoms with van der Waals surface area (Å²) in [6.45, 7) is 13.9. The van der Waals surface area contributed by atoms with Gasteiger partial charge in [-0.2, -0.15) is 0 Å². The van der Waals surface area contributed by atoms with Crippen molar-refractivity contribution in [2.24, 2.45) is 0 Å². The molecule has 3 unspecified atom stereocenters. The second kappa shape index (κ2) is 16.0. The number of rotatable bonds is 14. The van der Waals surface area contributed by atoms with Crippen molar-refractivity contribution in [1.82, 2.24) is 15.5 Å². The molecule has 0 aromatic heterocycles. The van der Waals surface area contributed by atoms with Crippen molar-refractivity contribution in [3.63, 3.8) is 0 Å². The van der Waals surface area contributed by atoms with E-state index in [1.807, 2.05) is 38.1 Å². The summed E-state index contributed by atoms with van der Waals surface area (Å²) < 4.78 is 5.50. The molecule has 0 fully saturated rings. The summed E-state index contributed by atoms with van der Waals surface area (Å²) in [4.78, 5) is 42.8. The van der Waals surface area contributed by atoms with Gasteiger partial charge in [-0.05, 0) is 75.8 Å². The maximum atomic E-state index is 14.5. The number of unbranched alkanes of at least 4 members (excludes halogenated alkanes) is 2. The van der Waals surface area contributed by atoms with E-state index in [1.165, 1.54) is 0 Å². The summed E-state index contributed by atoms with van der Waals surface area (Å²) >= 11 is 0. The molecule has 2 rings (SSSR count). The zero-order chi connectivity index (χ0) is 30.6. The first-order valence-electron chi connectivity index (χ1n) is 14.9. The minimum absolute atomic E-state index is 0.105. The minimum Gasteiger partial charge on any atom is -0.508 e. The van der Waals surface area contributed by atoms with Crippen LogP contribution in [-0.4, -0.2) is 52.1 Å². The van der Waals surface area contributed by atoms with Crippen LogP contribution in [0.1, 0.15) is 96.9 Å². The molecule has 0 heterocycles. The normalized spacial score (nSPS) is 13.5. The van der Waals surface area contributed by atoms with Crippen LogP contribution in [0.4, 0.5) is 4.79 Å². The molecule has 8 nitrogen and oxygen atoms in total. The molecule has 0 saturated carbocycles. The number of phenolic OH excluding ortho intramolecular Hbond substituents is 1. The fourth-order valence-corrected chi connectivity index (χ4v) is 4.55. The Labute approximate surface area is 245 Å². The topological polar surface area (TPSA) is 108 Å². The number of benzene rings is 2. The van der Waals surface area contributed by atoms with Crippen molar-refractivity contribution in [1.29, 1.82) is 0 Å². The Hall–Kier alpha value is -3.55. The lowest BCUT2D eigenvalue weighted by Gasteiger charge is -2.38. The predicted octanol–water partition coefficient (Wildman–Crippen LogP) is 6.07. The Morgan fingerprint density at radius 2 is 1.54 bits per heavy atom. The monoisotopic (exact) mass is 567 g/mol. The van der Waals surface area contributed by atoms with E-state index in [9.17, 15) is 19.5 Å². The van der Waals surface area contributed by atoms with Gasteiger partial charge in [-0.15, -0.1) is 0 Å². The fourth-order valence-electron chi connectivity index (χ4n) is 4.55. The fraction of sp³-hybridized carbons (Fsp3) is 0.545. The molecule has 0 radical (unpaired) electrons. The molecule has 0 bridgehead atoms. The molecule has 8 heteroatoms. The molecule has 0 aliphatic heterocycles. The quantitative estimate of drug-likeness (QED) is 0.240. The first-order valence-corrected chi connectivity index (χ1v) is 14.9. The largest absolute Gasteiger partial charge is 0.508 e. The summed E-state index contributed by atoms with van der Waals surface area (Å²) in [5, 5.41) is 15.6. The van der Waals surface area contributed by atoms with Crippen LogP contribution in [0, 0.1) is 0 Å². The van der Waals surface area contributed by atoms with Crippen LogP contribution in [0.25, 0.3) is 0 Å². The van der Waals surface area contributed by atoms with Gasteiger partial charge in [0, 0.05) is 19.0 Å². The lowest BCUT2D eigenvalue weighted by Crippen LogP contribution is -2.56. The lowest BCUT2D eigenvalue weighted by molar-refractivity contribution is -0.145. The molecule has 0 saturated heterocycles. The molecular weight excluding hydrogens is 518 g/mol. The van der Waals surface area contributed by atoms with Gasteiger partial charge in [0.1, 0.15) is 23.4 Å². The Morgan fingerprint density at radius 1 is 0.927 bits per heavy atom. The van der Waals surface area contributed by atoms with Crippen molar-refractivity contribution < 1.29 is 24.2 Å². The number of alkyl carbamates (subject to hydrolysis) is 1. The SMILES string of the molecule is CCCCCNC(=O)C(c1ccc(CC)cc1)N(C(=O)C(Cc1ccc(O)cc1)NC(=O)OC(C)(C)C)C(C)CC. The zero-order valence-electron chi connectivity index (χ0n) is 25.8. The van der Waals surface area contributed by atoms with Gasteiger partial charge in [-0.3, -0.25) is 9.59 Å². The standard InChI is InChI=1S/C33H49N3O5/c1-8-11-12-21-34-30(38)29(26-17-13-24(10-3)14-18-26)36(23(4)9-2)31(39)28(35-32(40)41-33(5,6)7)22-25-15-19-27(37)20-16-25/h13-20,23,28-29,37H,8-12,21-22H2,1-7H3,(H,34,38)(H,35,40). The maximum absolute atomic E-state index is 14.5. The second-order valence-electron chi connectivity index (χ2n) is 11.6. The van der Waals surface area contributed by atoms with Gasteiger partial charge < -0.3 is 25.4 Å². The van der Waals surface area contributed by atoms with Crippen molar-refractivity contribution in [3.05, 3.63) is 65.2 Å². The van der Waals surface area contributed by atoms with Crippen LogP contribution >= 0.6 is 0 Å². The van der Waals surface area contributed by atoms with Crippen LogP contribution < -0.4 is 10.6 Å². The number of ether oxygens (including phenoxy) is 1. The molecule has 0 aliphatic rings. The van der Waals surface area contributed by atoms with Gasteiger partial charge in [0.15, 0.2) is 0 Å². The number of hydrogen-bond acceptors (Lipinski definition) is 5. The van der Waals surface area contributed by atoms with Crippen molar-refractivity contribution in [3.8, 4) is 5.75 Å². The minimum atomic E-state index is -1.01. The average molecular weight is 568 g/mol. The van der Waals surface area contributed by atoms with E-state index in [0.29, 0.717) is 18.5 Å². The van der Waals surface area contributed by atoms with Gasteiger partial charge in [-0.1, -0.05) is 70.0 Å². The van der Waals surface area contributed by atoms with E-state index in [4.69, 9.17) is 4.74 Å². The smallest absolute Gasteiger partial charge is 0.408 e. The predicted molar refractivity (Wildman–Crippen MR) is 163 cm³/mol. The molecular formula is C33H49N3O5. The van der Waals surface area contributed by atoms with Crippen molar-refractivity contribution >= 4 is 17.9 Å². The van der Waals surface area contributed by atoms with E-state index >= 15 is 0 Å². The number of carbonyl (C=O) groups is 3. The third-order valence-corrected chi connectivity index (χ3v) is 7.00. The summed E-state index contributed by atoms with van der Waals surface area (Å²) in [5.74, 6) is -0.528. The Morgan fingerprint density at radius 3 is 2.07 bits per heavy atom. The highest BCUT2D eigenvalue weighted by atomic mass is 16.6. The molecule has 2 aromatic carbocycles. The van der Waals surface area contributed by atoms with E-state index in [0.717, 1.165) is 36.8 Å². The highest BCUT2D eigenvalue weighted by molar-refractivity contribution is 5.92. The summed E-state index contributed by atoms with van der Waals surface area (Å²) in [7, 11) is 0. The van der Waals surface area contributed by atoms with Crippen molar-refractivity contribution in [2.45, 2.75) is 111 Å². The average Bonchev–Trinajstić information content (AvgIpc) is 2.93. The number of aryl methyl sites for hydroxylation is 1. The van der Waals surface area contributed by atoms with Crippen LogP contribution in [0.15, 0.2) is 48.5 Å². The second-order valence-corrected chi connectivity index (χ2v) is 11.6. The highest BCUT2D eigenvalue weighted by Gasteiger charge is 2.38. The first kappa shape index (κ1) is 33.7. The highest BCUT2D eigenvalue weighted by Crippen LogP contribution is 2.27. The van der Waals surface area contributed by atoms with Crippen LogP contribution in [0.3, 0.4) is 0 Å². The summed E-state index contributed by atoms with van der Waals surface area (Å²) in [6, 6.07) is 12.1. The Bertz CT molecular complexity index is 1110. The van der Waals surface area contributed by atoms with Gasteiger partial charge in [-0.25, -0.2) is 4.79 Å². The first-order chi connectivity index (χ1) is 19.4. The van der Waals surface area contributed by atoms with Gasteiger partial charge in [0.25, 0.3) is 0 Å². The van der Waals surface area contributed by atoms with Gasteiger partial charge in [0.2, 0.25) is 11.8 Å². The van der Waals surface area contributed by atoms with Crippen molar-refractivity contribution in [2.75, 3.05) is 6.54 Å². The molecule has 226 valence electrons. The van der Waals surface area contributed by atoms with Gasteiger partial charge in [0.05, 0.1) is 0 Å². The molecule has 3 amide bonds. The molecule has 3 N–H and O–H groups in total. The van der Waals surface area contributed by atoms with E-state index in [1.54, 1.807) is 49.9 Å². The molecule has 0 aliphatic carbocycles. The van der Waals surface area contributed by atoms with Crippen LogP contribution in [0.5, 0.6) is 5.75 Å². The van der Waals surface area contributed by atoms with Crippen LogP contribution in [-0.2, 0) is 27.2 Å². The lowest BCUT2D eigenvalue weighted by atomic mass is 9.97. The number of carbonyl (C=O) groups excluding carboxylic acids is 3. The Kier molecular flexibility index (Phi) is 13.2. The summed E-state index contributed by atoms with van der Waals surface area (Å²) in [6.07, 6.45) is 3.79. The zero-order valence-corrected chi connectivity index (χ0v) is 25.8. The third-order valence-electron chi connectivity index (χ3n) is 7.00. The van der Waals surface area contributed by atoms with Gasteiger partial charge >= 0.3 is 6.09 Å². The number of nitrogens with one attached hydrogen (secondary N) is 2. The van der Waals surface area contributed by atoms with E-state index in [-0.39, 0.29) is 30.0 Å². The number of amides is 3. The van der Waals surface area contributed by atoms with E-state index < -0.39 is 23.8 Å². The van der Waals surface area contributed by atoms with E-state index in [2.05, 4.69) is 24.5 Å².